The van der Waals surface area contributed by atoms with Crippen molar-refractivity contribution in [3.8, 4) is 39.2 Å². The molecule has 0 aliphatic rings. The van der Waals surface area contributed by atoms with E-state index in [1.165, 1.54) is 0 Å². The number of benzene rings is 3. The molecule has 0 saturated heterocycles. The van der Waals surface area contributed by atoms with Crippen LogP contribution in [0.5, 0.6) is 28.7 Å². The van der Waals surface area contributed by atoms with Crippen molar-refractivity contribution >= 4 is 33.8 Å². The Hall–Kier alpha value is -2.93. The standard InChI is InChI=1S/C28H31NO4S.ClH/c1-18(2)29(19(3)4)15-16-32-23-10-12-24(13-11-23)33-27-25-14-9-22(31)17-26(25)34-28(27)20-5-7-21(30)8-6-20;/h5-14,17-19,30-31H,15-16H2,1-4H3;1H. The van der Waals surface area contributed by atoms with Crippen LogP contribution >= 0.6 is 23.7 Å². The fourth-order valence-corrected chi connectivity index (χ4v) is 5.24. The summed E-state index contributed by atoms with van der Waals surface area (Å²) in [5.74, 6) is 2.66. The second-order valence-electron chi connectivity index (χ2n) is 8.83. The van der Waals surface area contributed by atoms with Gasteiger partial charge in [-0.15, -0.1) is 23.7 Å². The Kier molecular flexibility index (Phi) is 8.89. The topological polar surface area (TPSA) is 62.2 Å². The average molecular weight is 514 g/mol. The van der Waals surface area contributed by atoms with Gasteiger partial charge in [0.1, 0.15) is 29.6 Å². The molecule has 186 valence electrons. The zero-order chi connectivity index (χ0) is 24.2. The summed E-state index contributed by atoms with van der Waals surface area (Å²) in [7, 11) is 0. The molecule has 0 unspecified atom stereocenters. The quantitative estimate of drug-likeness (QED) is 0.240. The lowest BCUT2D eigenvalue weighted by atomic mass is 10.1. The number of phenols is 2. The Bertz CT molecular complexity index is 1230. The van der Waals surface area contributed by atoms with Gasteiger partial charge in [0.15, 0.2) is 5.75 Å². The van der Waals surface area contributed by atoms with Crippen molar-refractivity contribution in [1.82, 2.24) is 4.90 Å². The molecule has 0 bridgehead atoms. The van der Waals surface area contributed by atoms with E-state index in [2.05, 4.69) is 32.6 Å². The molecule has 0 fully saturated rings. The summed E-state index contributed by atoms with van der Waals surface area (Å²) in [5, 5.41) is 20.5. The Balaban J connectivity index is 0.00000342. The number of halogens is 1. The fraction of sp³-hybridized carbons (Fsp3) is 0.286. The molecule has 0 aliphatic heterocycles. The van der Waals surface area contributed by atoms with Gasteiger partial charge in [-0.05, 0) is 100.0 Å². The van der Waals surface area contributed by atoms with Gasteiger partial charge < -0.3 is 19.7 Å². The van der Waals surface area contributed by atoms with Gasteiger partial charge in [0.05, 0.1) is 4.88 Å². The van der Waals surface area contributed by atoms with E-state index < -0.39 is 0 Å². The highest BCUT2D eigenvalue weighted by Crippen LogP contribution is 2.47. The molecule has 4 aromatic rings. The number of nitrogens with zero attached hydrogens (tertiary/aromatic N) is 1. The molecule has 7 heteroatoms. The molecule has 35 heavy (non-hydrogen) atoms. The van der Waals surface area contributed by atoms with Crippen LogP contribution in [-0.4, -0.2) is 40.3 Å². The molecule has 3 aromatic carbocycles. The van der Waals surface area contributed by atoms with Gasteiger partial charge in [0.25, 0.3) is 0 Å². The van der Waals surface area contributed by atoms with Gasteiger partial charge in [-0.25, -0.2) is 0 Å². The monoisotopic (exact) mass is 513 g/mol. The second-order valence-corrected chi connectivity index (χ2v) is 9.89. The third kappa shape index (κ3) is 6.40. The molecule has 0 spiro atoms. The first-order chi connectivity index (χ1) is 16.3. The van der Waals surface area contributed by atoms with Crippen molar-refractivity contribution in [2.75, 3.05) is 13.2 Å². The normalized spacial score (nSPS) is 11.3. The molecule has 1 heterocycles. The number of fused-ring (bicyclic) bond motifs is 1. The number of hydrogen-bond acceptors (Lipinski definition) is 6. The van der Waals surface area contributed by atoms with E-state index in [1.807, 2.05) is 42.5 Å². The Morgan fingerprint density at radius 2 is 1.40 bits per heavy atom. The molecule has 0 atom stereocenters. The molecule has 2 N–H and O–H groups in total. The van der Waals surface area contributed by atoms with Crippen molar-refractivity contribution < 1.29 is 19.7 Å². The minimum absolute atomic E-state index is 0. The molecule has 4 rings (SSSR count). The SMILES string of the molecule is CC(C)N(CCOc1ccc(Oc2c(-c3ccc(O)cc3)sc3cc(O)ccc23)cc1)C(C)C.Cl. The lowest BCUT2D eigenvalue weighted by molar-refractivity contribution is 0.142. The van der Waals surface area contributed by atoms with Crippen LogP contribution in [0.25, 0.3) is 20.5 Å². The average Bonchev–Trinajstić information content (AvgIpc) is 3.15. The van der Waals surface area contributed by atoms with Crippen LogP contribution in [-0.2, 0) is 0 Å². The smallest absolute Gasteiger partial charge is 0.153 e. The van der Waals surface area contributed by atoms with Gasteiger partial charge in [-0.1, -0.05) is 0 Å². The summed E-state index contributed by atoms with van der Waals surface area (Å²) in [4.78, 5) is 3.34. The molecule has 0 radical (unpaired) electrons. The highest BCUT2D eigenvalue weighted by atomic mass is 35.5. The van der Waals surface area contributed by atoms with E-state index in [1.54, 1.807) is 35.6 Å². The zero-order valence-corrected chi connectivity index (χ0v) is 22.0. The van der Waals surface area contributed by atoms with E-state index in [-0.39, 0.29) is 23.9 Å². The lowest BCUT2D eigenvalue weighted by Crippen LogP contribution is -2.39. The maximum absolute atomic E-state index is 9.94. The molecular formula is C28H32ClNO4S. The van der Waals surface area contributed by atoms with Crippen molar-refractivity contribution in [2.45, 2.75) is 39.8 Å². The van der Waals surface area contributed by atoms with E-state index >= 15 is 0 Å². The zero-order valence-electron chi connectivity index (χ0n) is 20.4. The lowest BCUT2D eigenvalue weighted by Gasteiger charge is -2.30. The first kappa shape index (κ1) is 26.7. The number of phenolic OH excluding ortho intramolecular Hbond substituents is 2. The summed E-state index contributed by atoms with van der Waals surface area (Å²) in [6.07, 6.45) is 0. The predicted octanol–water partition coefficient (Wildman–Crippen LogP) is 7.69. The van der Waals surface area contributed by atoms with Crippen LogP contribution in [0, 0.1) is 0 Å². The van der Waals surface area contributed by atoms with Crippen LogP contribution in [0.2, 0.25) is 0 Å². The van der Waals surface area contributed by atoms with Gasteiger partial charge in [0, 0.05) is 28.7 Å². The van der Waals surface area contributed by atoms with Crippen LogP contribution < -0.4 is 9.47 Å². The molecule has 1 aromatic heterocycles. The van der Waals surface area contributed by atoms with Crippen LogP contribution in [0.4, 0.5) is 0 Å². The van der Waals surface area contributed by atoms with E-state index in [4.69, 9.17) is 9.47 Å². The highest BCUT2D eigenvalue weighted by Gasteiger charge is 2.17. The number of rotatable bonds is 9. The number of hydrogen-bond donors (Lipinski definition) is 2. The second kappa shape index (κ2) is 11.7. The van der Waals surface area contributed by atoms with Crippen molar-refractivity contribution in [1.29, 1.82) is 0 Å². The summed E-state index contributed by atoms with van der Waals surface area (Å²) >= 11 is 1.54. The van der Waals surface area contributed by atoms with Gasteiger partial charge in [-0.3, -0.25) is 4.90 Å². The van der Waals surface area contributed by atoms with Crippen molar-refractivity contribution in [3.05, 3.63) is 66.7 Å². The first-order valence-electron chi connectivity index (χ1n) is 11.5. The van der Waals surface area contributed by atoms with E-state index in [0.717, 1.165) is 38.6 Å². The van der Waals surface area contributed by atoms with Gasteiger partial charge in [-0.2, -0.15) is 0 Å². The Labute approximate surface area is 217 Å². The maximum atomic E-state index is 9.94. The van der Waals surface area contributed by atoms with Gasteiger partial charge in [0.2, 0.25) is 0 Å². The largest absolute Gasteiger partial charge is 0.508 e. The van der Waals surface area contributed by atoms with E-state index in [0.29, 0.717) is 24.4 Å². The minimum atomic E-state index is 0. The number of ether oxygens (including phenoxy) is 2. The molecule has 5 nitrogen and oxygen atoms in total. The predicted molar refractivity (Wildman–Crippen MR) is 147 cm³/mol. The Morgan fingerprint density at radius 1 is 0.800 bits per heavy atom. The van der Waals surface area contributed by atoms with Crippen molar-refractivity contribution in [2.24, 2.45) is 0 Å². The summed E-state index contributed by atoms with van der Waals surface area (Å²) < 4.78 is 13.2. The third-order valence-corrected chi connectivity index (χ3v) is 6.93. The Morgan fingerprint density at radius 3 is 2.03 bits per heavy atom. The maximum Gasteiger partial charge on any atom is 0.153 e. The van der Waals surface area contributed by atoms with Crippen LogP contribution in [0.3, 0.4) is 0 Å². The molecule has 0 amide bonds. The summed E-state index contributed by atoms with van der Waals surface area (Å²) in [6, 6.07) is 20.9. The molecule has 0 saturated carbocycles. The number of aromatic hydroxyl groups is 2. The van der Waals surface area contributed by atoms with Crippen molar-refractivity contribution in [3.63, 3.8) is 0 Å². The molecular weight excluding hydrogens is 482 g/mol. The van der Waals surface area contributed by atoms with Crippen LogP contribution in [0.15, 0.2) is 66.7 Å². The van der Waals surface area contributed by atoms with E-state index in [9.17, 15) is 10.2 Å². The van der Waals surface area contributed by atoms with Gasteiger partial charge >= 0.3 is 0 Å². The minimum Gasteiger partial charge on any atom is -0.508 e. The summed E-state index contributed by atoms with van der Waals surface area (Å²) in [6.45, 7) is 10.3. The summed E-state index contributed by atoms with van der Waals surface area (Å²) in [5.41, 5.74) is 0.938. The number of thiophene rings is 1. The molecule has 0 aliphatic carbocycles. The third-order valence-electron chi connectivity index (χ3n) is 5.75. The van der Waals surface area contributed by atoms with Crippen LogP contribution in [0.1, 0.15) is 27.7 Å². The first-order valence-corrected chi connectivity index (χ1v) is 12.3. The fourth-order valence-electron chi connectivity index (χ4n) is 4.07. The highest BCUT2D eigenvalue weighted by molar-refractivity contribution is 7.22.